The first-order valence-electron chi connectivity index (χ1n) is 7.16. The van der Waals surface area contributed by atoms with Crippen molar-refractivity contribution in [2.75, 3.05) is 6.61 Å². The third-order valence-electron chi connectivity index (χ3n) is 3.10. The van der Waals surface area contributed by atoms with E-state index in [0.29, 0.717) is 18.4 Å². The molecule has 0 aromatic carbocycles. The number of rotatable bonds is 7. The van der Waals surface area contributed by atoms with Gasteiger partial charge in [-0.1, -0.05) is 13.3 Å². The third-order valence-corrected chi connectivity index (χ3v) is 3.53. The number of nitrogens with zero attached hydrogens (tertiary/aromatic N) is 3. The van der Waals surface area contributed by atoms with Crippen LogP contribution in [0.3, 0.4) is 0 Å². The highest BCUT2D eigenvalue weighted by Gasteiger charge is 2.25. The summed E-state index contributed by atoms with van der Waals surface area (Å²) >= 11 is 3.38. The van der Waals surface area contributed by atoms with Crippen LogP contribution in [0.5, 0.6) is 0 Å². The van der Waals surface area contributed by atoms with Gasteiger partial charge in [-0.25, -0.2) is 0 Å². The Morgan fingerprint density at radius 3 is 2.86 bits per heavy atom. The zero-order valence-electron chi connectivity index (χ0n) is 12.6. The molecule has 2 aromatic heterocycles. The molecule has 0 N–H and O–H groups in total. The molecule has 2 heterocycles. The summed E-state index contributed by atoms with van der Waals surface area (Å²) in [4.78, 5) is 16.2. The number of hydrogen-bond acceptors (Lipinski definition) is 6. The number of unbranched alkanes of at least 4 members (excludes halogenated alkanes) is 1. The zero-order chi connectivity index (χ0) is 15.9. The molecule has 0 aliphatic carbocycles. The van der Waals surface area contributed by atoms with E-state index in [1.165, 1.54) is 0 Å². The lowest BCUT2D eigenvalue weighted by molar-refractivity contribution is -0.144. The van der Waals surface area contributed by atoms with E-state index >= 15 is 0 Å². The first kappa shape index (κ1) is 16.6. The van der Waals surface area contributed by atoms with Crippen LogP contribution in [0.2, 0.25) is 0 Å². The maximum Gasteiger partial charge on any atom is 0.306 e. The van der Waals surface area contributed by atoms with Gasteiger partial charge in [0.15, 0.2) is 0 Å². The van der Waals surface area contributed by atoms with Gasteiger partial charge in [-0.3, -0.25) is 9.78 Å². The van der Waals surface area contributed by atoms with Gasteiger partial charge in [0, 0.05) is 23.8 Å². The Hall–Kier alpha value is -1.76. The summed E-state index contributed by atoms with van der Waals surface area (Å²) in [5, 5.41) is 7.87. The summed E-state index contributed by atoms with van der Waals surface area (Å²) in [5.41, 5.74) is 0.825. The lowest BCUT2D eigenvalue weighted by Gasteiger charge is -2.13. The number of ether oxygens (including phenoxy) is 1. The van der Waals surface area contributed by atoms with Crippen LogP contribution in [-0.4, -0.2) is 27.8 Å². The van der Waals surface area contributed by atoms with Gasteiger partial charge < -0.3 is 9.15 Å². The molecule has 0 fully saturated rings. The second-order valence-electron chi connectivity index (χ2n) is 4.93. The highest BCUT2D eigenvalue weighted by atomic mass is 79.9. The maximum atomic E-state index is 12.0. The molecule has 1 atom stereocenters. The van der Waals surface area contributed by atoms with Crippen molar-refractivity contribution in [1.82, 2.24) is 15.2 Å². The van der Waals surface area contributed by atoms with Crippen molar-refractivity contribution >= 4 is 21.9 Å². The van der Waals surface area contributed by atoms with Crippen LogP contribution in [0, 0.1) is 6.92 Å². The normalized spacial score (nSPS) is 12.1. The van der Waals surface area contributed by atoms with Crippen LogP contribution in [0.15, 0.2) is 27.3 Å². The predicted octanol–water partition coefficient (Wildman–Crippen LogP) is 3.40. The summed E-state index contributed by atoms with van der Waals surface area (Å²) in [6, 6.07) is 1.89. The van der Waals surface area contributed by atoms with Crippen LogP contribution in [0.1, 0.15) is 49.4 Å². The van der Waals surface area contributed by atoms with Gasteiger partial charge in [0.05, 0.1) is 18.9 Å². The molecule has 0 aliphatic rings. The van der Waals surface area contributed by atoms with Gasteiger partial charge in [-0.15, -0.1) is 10.2 Å². The van der Waals surface area contributed by atoms with E-state index in [4.69, 9.17) is 9.15 Å². The highest BCUT2D eigenvalue weighted by Crippen LogP contribution is 2.28. The van der Waals surface area contributed by atoms with Crippen LogP contribution >= 0.6 is 15.9 Å². The van der Waals surface area contributed by atoms with Crippen LogP contribution in [0.4, 0.5) is 0 Å². The Balaban J connectivity index is 2.17. The molecule has 118 valence electrons. The summed E-state index contributed by atoms with van der Waals surface area (Å²) in [7, 11) is 0. The van der Waals surface area contributed by atoms with E-state index in [9.17, 15) is 4.79 Å². The monoisotopic (exact) mass is 367 g/mol. The zero-order valence-corrected chi connectivity index (χ0v) is 14.2. The van der Waals surface area contributed by atoms with Gasteiger partial charge in [-0.05, 0) is 34.0 Å². The maximum absolute atomic E-state index is 12.0. The van der Waals surface area contributed by atoms with Gasteiger partial charge in [0.1, 0.15) is 0 Å². The molecule has 0 amide bonds. The van der Waals surface area contributed by atoms with Crippen molar-refractivity contribution in [1.29, 1.82) is 0 Å². The Morgan fingerprint density at radius 2 is 2.23 bits per heavy atom. The van der Waals surface area contributed by atoms with Crippen molar-refractivity contribution in [3.8, 4) is 0 Å². The average Bonchev–Trinajstić information content (AvgIpc) is 2.91. The topological polar surface area (TPSA) is 78.1 Å². The van der Waals surface area contributed by atoms with Crippen molar-refractivity contribution in [2.45, 2.75) is 39.0 Å². The summed E-state index contributed by atoms with van der Waals surface area (Å²) in [5.74, 6) is 0.210. The first-order valence-corrected chi connectivity index (χ1v) is 7.95. The largest absolute Gasteiger partial charge is 0.466 e. The molecule has 2 rings (SSSR count). The number of carbonyl (C=O) groups excluding carboxylic acids is 1. The number of hydrogen-bond donors (Lipinski definition) is 0. The van der Waals surface area contributed by atoms with Crippen molar-refractivity contribution in [3.05, 3.63) is 40.3 Å². The van der Waals surface area contributed by atoms with Gasteiger partial charge in [0.25, 0.3) is 0 Å². The molecule has 1 unspecified atom stereocenters. The number of aryl methyl sites for hydroxylation is 1. The molecule has 2 aromatic rings. The van der Waals surface area contributed by atoms with Gasteiger partial charge in [-0.2, -0.15) is 0 Å². The number of esters is 1. The van der Waals surface area contributed by atoms with E-state index in [1.54, 1.807) is 19.3 Å². The first-order chi connectivity index (χ1) is 10.6. The average molecular weight is 368 g/mol. The molecule has 7 heteroatoms. The van der Waals surface area contributed by atoms with Crippen molar-refractivity contribution in [2.24, 2.45) is 0 Å². The molecule has 0 saturated carbocycles. The molecule has 0 bridgehead atoms. The van der Waals surface area contributed by atoms with E-state index in [-0.39, 0.29) is 18.3 Å². The van der Waals surface area contributed by atoms with Crippen LogP contribution in [0.25, 0.3) is 0 Å². The van der Waals surface area contributed by atoms with Crippen LogP contribution in [-0.2, 0) is 9.53 Å². The number of aromatic nitrogens is 3. The summed E-state index contributed by atoms with van der Waals surface area (Å²) in [6.45, 7) is 4.19. The number of pyridine rings is 1. The third kappa shape index (κ3) is 4.62. The minimum atomic E-state index is -0.361. The molecular formula is C15H18BrN3O3. The fraction of sp³-hybridized carbons (Fsp3) is 0.467. The molecular weight excluding hydrogens is 350 g/mol. The molecule has 0 spiro atoms. The lowest BCUT2D eigenvalue weighted by Crippen LogP contribution is -2.13. The smallest absolute Gasteiger partial charge is 0.306 e. The Labute approximate surface area is 137 Å². The molecule has 0 aliphatic heterocycles. The fourth-order valence-corrected chi connectivity index (χ4v) is 2.36. The van der Waals surface area contributed by atoms with E-state index in [2.05, 4.69) is 31.1 Å². The molecule has 22 heavy (non-hydrogen) atoms. The minimum absolute atomic E-state index is 0.142. The number of halogens is 1. The molecule has 6 nitrogen and oxygen atoms in total. The SMILES string of the molecule is CCCCOC(=O)CC(c1cncc(Br)c1)c1nnc(C)o1. The van der Waals surface area contributed by atoms with Gasteiger partial charge in [0.2, 0.25) is 11.8 Å². The van der Waals surface area contributed by atoms with Crippen LogP contribution < -0.4 is 0 Å². The predicted molar refractivity (Wildman–Crippen MR) is 83.3 cm³/mol. The van der Waals surface area contributed by atoms with E-state index < -0.39 is 0 Å². The Bertz CT molecular complexity index is 630. The van der Waals surface area contributed by atoms with E-state index in [1.807, 2.05) is 13.0 Å². The summed E-state index contributed by atoms with van der Waals surface area (Å²) in [6.07, 6.45) is 5.35. The second-order valence-corrected chi connectivity index (χ2v) is 5.84. The minimum Gasteiger partial charge on any atom is -0.466 e. The summed E-state index contributed by atoms with van der Waals surface area (Å²) < 4.78 is 11.6. The fourth-order valence-electron chi connectivity index (χ4n) is 1.98. The number of carbonyl (C=O) groups is 1. The quantitative estimate of drug-likeness (QED) is 0.551. The Morgan fingerprint density at radius 1 is 1.41 bits per heavy atom. The van der Waals surface area contributed by atoms with E-state index in [0.717, 1.165) is 22.9 Å². The second kappa shape index (κ2) is 8.03. The van der Waals surface area contributed by atoms with Crippen molar-refractivity contribution in [3.63, 3.8) is 0 Å². The highest BCUT2D eigenvalue weighted by molar-refractivity contribution is 9.10. The molecule has 0 radical (unpaired) electrons. The van der Waals surface area contributed by atoms with Gasteiger partial charge >= 0.3 is 5.97 Å². The lowest BCUT2D eigenvalue weighted by atomic mass is 9.97. The Kier molecular flexibility index (Phi) is 6.06. The standard InChI is InChI=1S/C15H18BrN3O3/c1-3-4-5-21-14(20)7-13(15-19-18-10(2)22-15)11-6-12(16)9-17-8-11/h6,8-9,13H,3-5,7H2,1-2H3. The van der Waals surface area contributed by atoms with Crippen molar-refractivity contribution < 1.29 is 13.9 Å². The molecule has 0 saturated heterocycles.